The monoisotopic (exact) mass is 311 g/mol. The van der Waals surface area contributed by atoms with Gasteiger partial charge in [0.2, 0.25) is 10.0 Å². The number of sulfonamides is 1. The largest absolute Gasteiger partial charge is 0.480 e. The van der Waals surface area contributed by atoms with Crippen LogP contribution >= 0.6 is 0 Å². The number of nitrogens with zero attached hydrogens (tertiary/aromatic N) is 3. The Morgan fingerprint density at radius 2 is 1.90 bits per heavy atom. The van der Waals surface area contributed by atoms with E-state index in [4.69, 9.17) is 10.4 Å². The molecule has 0 saturated heterocycles. The van der Waals surface area contributed by atoms with Crippen molar-refractivity contribution in [2.45, 2.75) is 4.90 Å². The predicted molar refractivity (Wildman–Crippen MR) is 76.1 cm³/mol. The molecule has 114 valence electrons. The lowest BCUT2D eigenvalue weighted by Gasteiger charge is -2.22. The molecule has 0 radical (unpaired) electrons. The van der Waals surface area contributed by atoms with E-state index in [2.05, 4.69) is 0 Å². The molecule has 1 aromatic carbocycles. The van der Waals surface area contributed by atoms with Crippen molar-refractivity contribution in [1.82, 2.24) is 9.21 Å². The minimum Gasteiger partial charge on any atom is -0.480 e. The number of hydrogen-bond acceptors (Lipinski definition) is 5. The van der Waals surface area contributed by atoms with E-state index in [9.17, 15) is 13.2 Å². The average molecular weight is 311 g/mol. The zero-order valence-electron chi connectivity index (χ0n) is 11.9. The Kier molecular flexibility index (Phi) is 5.84. The Morgan fingerprint density at radius 3 is 2.43 bits per heavy atom. The second-order valence-electron chi connectivity index (χ2n) is 4.64. The van der Waals surface area contributed by atoms with Crippen LogP contribution in [-0.4, -0.2) is 62.4 Å². The third-order valence-electron chi connectivity index (χ3n) is 2.73. The molecule has 0 spiro atoms. The quantitative estimate of drug-likeness (QED) is 0.771. The van der Waals surface area contributed by atoms with Gasteiger partial charge in [0.05, 0.1) is 10.5 Å². The van der Waals surface area contributed by atoms with Crippen LogP contribution in [0.1, 0.15) is 5.56 Å². The minimum absolute atomic E-state index is 0.00209. The van der Waals surface area contributed by atoms with E-state index < -0.39 is 22.5 Å². The van der Waals surface area contributed by atoms with Crippen LogP contribution in [-0.2, 0) is 14.8 Å². The maximum atomic E-state index is 12.6. The number of carbonyl (C=O) groups is 1. The molecule has 8 heteroatoms. The van der Waals surface area contributed by atoms with Gasteiger partial charge in [-0.3, -0.25) is 4.79 Å². The zero-order valence-corrected chi connectivity index (χ0v) is 12.7. The molecule has 1 rings (SSSR count). The summed E-state index contributed by atoms with van der Waals surface area (Å²) in [7, 11) is -0.514. The first kappa shape index (κ1) is 17.1. The van der Waals surface area contributed by atoms with Gasteiger partial charge < -0.3 is 10.0 Å². The molecule has 0 amide bonds. The van der Waals surface area contributed by atoms with E-state index in [1.807, 2.05) is 6.07 Å². The maximum absolute atomic E-state index is 12.6. The summed E-state index contributed by atoms with van der Waals surface area (Å²) in [5, 5.41) is 17.9. The van der Waals surface area contributed by atoms with Gasteiger partial charge in [0, 0.05) is 13.1 Å². The van der Waals surface area contributed by atoms with Crippen LogP contribution in [0.15, 0.2) is 29.2 Å². The van der Waals surface area contributed by atoms with Crippen molar-refractivity contribution < 1.29 is 18.3 Å². The summed E-state index contributed by atoms with van der Waals surface area (Å²) in [6.07, 6.45) is 0. The van der Waals surface area contributed by atoms with Crippen LogP contribution in [0.5, 0.6) is 0 Å². The van der Waals surface area contributed by atoms with Crippen LogP contribution in [0.2, 0.25) is 0 Å². The first-order valence-electron chi connectivity index (χ1n) is 6.15. The standard InChI is InChI=1S/C13H17N3O4S/c1-15(2)7-8-16(10-13(17)18)21(19,20)12-6-4-3-5-11(12)9-14/h3-6H,7-8,10H2,1-2H3,(H,17,18). The average Bonchev–Trinajstić information content (AvgIpc) is 2.42. The van der Waals surface area contributed by atoms with Crippen LogP contribution in [0, 0.1) is 11.3 Å². The van der Waals surface area contributed by atoms with Crippen molar-refractivity contribution >= 4 is 16.0 Å². The summed E-state index contributed by atoms with van der Waals surface area (Å²) < 4.78 is 26.0. The van der Waals surface area contributed by atoms with Gasteiger partial charge in [0.15, 0.2) is 0 Å². The molecular formula is C13H17N3O4S. The van der Waals surface area contributed by atoms with Crippen LogP contribution in [0.4, 0.5) is 0 Å². The Labute approximate surface area is 124 Å². The highest BCUT2D eigenvalue weighted by molar-refractivity contribution is 7.89. The second-order valence-corrected chi connectivity index (χ2v) is 6.55. The number of hydrogen-bond donors (Lipinski definition) is 1. The molecule has 7 nitrogen and oxygen atoms in total. The molecule has 0 aliphatic carbocycles. The van der Waals surface area contributed by atoms with Crippen molar-refractivity contribution in [3.05, 3.63) is 29.8 Å². The lowest BCUT2D eigenvalue weighted by molar-refractivity contribution is -0.137. The number of carboxylic acids is 1. The van der Waals surface area contributed by atoms with Gasteiger partial charge >= 0.3 is 5.97 Å². The molecule has 1 aromatic rings. The van der Waals surface area contributed by atoms with Gasteiger partial charge in [-0.25, -0.2) is 8.42 Å². The van der Waals surface area contributed by atoms with Crippen LogP contribution < -0.4 is 0 Å². The fourth-order valence-electron chi connectivity index (χ4n) is 1.67. The van der Waals surface area contributed by atoms with E-state index in [0.717, 1.165) is 4.31 Å². The van der Waals surface area contributed by atoms with Gasteiger partial charge in [-0.15, -0.1) is 0 Å². The smallest absolute Gasteiger partial charge is 0.318 e. The molecule has 0 unspecified atom stereocenters. The van der Waals surface area contributed by atoms with Crippen molar-refractivity contribution in [2.24, 2.45) is 0 Å². The lowest BCUT2D eigenvalue weighted by atomic mass is 10.2. The molecule has 0 aliphatic rings. The predicted octanol–water partition coefficient (Wildman–Crippen LogP) is 0.195. The highest BCUT2D eigenvalue weighted by atomic mass is 32.2. The molecular weight excluding hydrogens is 294 g/mol. The molecule has 0 bridgehead atoms. The molecule has 1 N–H and O–H groups in total. The second kappa shape index (κ2) is 7.17. The van der Waals surface area contributed by atoms with Crippen molar-refractivity contribution in [3.63, 3.8) is 0 Å². The van der Waals surface area contributed by atoms with Gasteiger partial charge in [-0.1, -0.05) is 12.1 Å². The van der Waals surface area contributed by atoms with Crippen LogP contribution in [0.25, 0.3) is 0 Å². The number of nitriles is 1. The first-order chi connectivity index (χ1) is 9.78. The first-order valence-corrected chi connectivity index (χ1v) is 7.59. The highest BCUT2D eigenvalue weighted by Crippen LogP contribution is 2.19. The summed E-state index contributed by atoms with van der Waals surface area (Å²) in [6.45, 7) is -0.238. The fourth-order valence-corrected chi connectivity index (χ4v) is 3.19. The topological polar surface area (TPSA) is 102 Å². The van der Waals surface area contributed by atoms with Gasteiger partial charge in [-0.05, 0) is 26.2 Å². The Bertz CT molecular complexity index is 650. The molecule has 0 atom stereocenters. The summed E-state index contributed by atoms with van der Waals surface area (Å²) in [6, 6.07) is 7.55. The molecule has 0 fully saturated rings. The highest BCUT2D eigenvalue weighted by Gasteiger charge is 2.28. The third-order valence-corrected chi connectivity index (χ3v) is 4.64. The van der Waals surface area contributed by atoms with E-state index >= 15 is 0 Å². The Balaban J connectivity index is 3.20. The zero-order chi connectivity index (χ0) is 16.0. The summed E-state index contributed by atoms with van der Waals surface area (Å²) in [5.41, 5.74) is -0.00209. The van der Waals surface area contributed by atoms with E-state index in [1.165, 1.54) is 18.2 Å². The van der Waals surface area contributed by atoms with Crippen molar-refractivity contribution in [3.8, 4) is 6.07 Å². The fraction of sp³-hybridized carbons (Fsp3) is 0.385. The summed E-state index contributed by atoms with van der Waals surface area (Å²) in [4.78, 5) is 12.5. The maximum Gasteiger partial charge on any atom is 0.318 e. The lowest BCUT2D eigenvalue weighted by Crippen LogP contribution is -2.40. The molecule has 0 saturated carbocycles. The number of aliphatic carboxylic acids is 1. The number of likely N-dealkylation sites (N-methyl/N-ethyl adjacent to an activating group) is 1. The normalized spacial score (nSPS) is 11.6. The minimum atomic E-state index is -4.03. The molecule has 0 heterocycles. The van der Waals surface area contributed by atoms with Crippen LogP contribution in [0.3, 0.4) is 0 Å². The van der Waals surface area contributed by atoms with Crippen molar-refractivity contribution in [1.29, 1.82) is 5.26 Å². The van der Waals surface area contributed by atoms with Crippen molar-refractivity contribution in [2.75, 3.05) is 33.7 Å². The van der Waals surface area contributed by atoms with E-state index in [-0.39, 0.29) is 17.0 Å². The summed E-state index contributed by atoms with van der Waals surface area (Å²) in [5.74, 6) is -1.24. The number of rotatable bonds is 7. The molecule has 0 aromatic heterocycles. The molecule has 21 heavy (non-hydrogen) atoms. The van der Waals surface area contributed by atoms with Gasteiger partial charge in [0.25, 0.3) is 0 Å². The summed E-state index contributed by atoms with van der Waals surface area (Å²) >= 11 is 0. The third kappa shape index (κ3) is 4.53. The SMILES string of the molecule is CN(C)CCN(CC(=O)O)S(=O)(=O)c1ccccc1C#N. The van der Waals surface area contributed by atoms with Gasteiger partial charge in [-0.2, -0.15) is 9.57 Å². The Hall–Kier alpha value is -1.95. The van der Waals surface area contributed by atoms with E-state index in [0.29, 0.717) is 6.54 Å². The number of carboxylic acid groups (broad SMARTS) is 1. The molecule has 0 aliphatic heterocycles. The Morgan fingerprint density at radius 1 is 1.29 bits per heavy atom. The number of benzene rings is 1. The van der Waals surface area contributed by atoms with E-state index in [1.54, 1.807) is 25.1 Å². The van der Waals surface area contributed by atoms with Gasteiger partial charge in [0.1, 0.15) is 12.6 Å².